The number of nitro benzene ring substituents is 1. The van der Waals surface area contributed by atoms with Gasteiger partial charge in [0.25, 0.3) is 15.7 Å². The lowest BCUT2D eigenvalue weighted by Gasteiger charge is -2.09. The number of non-ortho nitro benzene ring substituents is 1. The zero-order valence-corrected chi connectivity index (χ0v) is 14.7. The molecule has 3 aromatic carbocycles. The molecule has 0 spiro atoms. The minimum absolute atomic E-state index is 0.144. The van der Waals surface area contributed by atoms with Crippen LogP contribution in [0.5, 0.6) is 0 Å². The molecule has 4 rings (SSSR count). The van der Waals surface area contributed by atoms with Gasteiger partial charge in [-0.25, -0.2) is 0 Å². The maximum absolute atomic E-state index is 12.3. The van der Waals surface area contributed by atoms with Gasteiger partial charge in [0.1, 0.15) is 4.90 Å². The van der Waals surface area contributed by atoms with E-state index in [0.717, 1.165) is 17.2 Å². The van der Waals surface area contributed by atoms with Crippen LogP contribution in [0.4, 0.5) is 11.4 Å². The van der Waals surface area contributed by atoms with Gasteiger partial charge in [0.2, 0.25) is 0 Å². The van der Waals surface area contributed by atoms with Crippen LogP contribution >= 0.6 is 0 Å². The smallest absolute Gasteiger partial charge is 0.285 e. The van der Waals surface area contributed by atoms with Crippen molar-refractivity contribution in [1.82, 2.24) is 0 Å². The first-order valence-electron chi connectivity index (χ1n) is 8.00. The Bertz CT molecular complexity index is 1190. The number of nitro groups is 1. The molecule has 1 aliphatic heterocycles. The Kier molecular flexibility index (Phi) is 3.97. The highest BCUT2D eigenvalue weighted by Crippen LogP contribution is 2.31. The number of nitrogens with one attached hydrogen (secondary N) is 1. The Morgan fingerprint density at radius 3 is 2.37 bits per heavy atom. The van der Waals surface area contributed by atoms with E-state index in [0.29, 0.717) is 11.3 Å². The summed E-state index contributed by atoms with van der Waals surface area (Å²) in [7, 11) is -3.97. The van der Waals surface area contributed by atoms with E-state index in [4.69, 9.17) is 0 Å². The zero-order valence-electron chi connectivity index (χ0n) is 13.9. The van der Waals surface area contributed by atoms with E-state index in [1.165, 1.54) is 12.1 Å². The summed E-state index contributed by atoms with van der Waals surface area (Å²) in [6.45, 7) is 0. The van der Waals surface area contributed by atoms with Crippen LogP contribution in [0.25, 0.3) is 11.1 Å². The van der Waals surface area contributed by atoms with Crippen molar-refractivity contribution in [3.63, 3.8) is 0 Å². The van der Waals surface area contributed by atoms with Gasteiger partial charge < -0.3 is 5.32 Å². The Morgan fingerprint density at radius 2 is 1.63 bits per heavy atom. The SMILES string of the molecule is O=[N+]([O-])c1ccc2c(c1)S(=O)(=O)N=C2Nc1cccc(-c2ccccc2)c1. The third-order valence-corrected chi connectivity index (χ3v) is 5.47. The van der Waals surface area contributed by atoms with Gasteiger partial charge in [-0.3, -0.25) is 10.1 Å². The molecule has 0 saturated carbocycles. The average Bonchev–Trinajstić information content (AvgIpc) is 2.92. The zero-order chi connectivity index (χ0) is 19.0. The third kappa shape index (κ3) is 3.18. The predicted molar refractivity (Wildman–Crippen MR) is 102 cm³/mol. The molecule has 0 fully saturated rings. The summed E-state index contributed by atoms with van der Waals surface area (Å²) in [6.07, 6.45) is 0. The van der Waals surface area contributed by atoms with Crippen molar-refractivity contribution in [2.45, 2.75) is 4.90 Å². The predicted octanol–water partition coefficient (Wildman–Crippen LogP) is 3.82. The second-order valence-corrected chi connectivity index (χ2v) is 7.50. The van der Waals surface area contributed by atoms with Crippen molar-refractivity contribution in [3.05, 3.63) is 88.5 Å². The maximum atomic E-state index is 12.3. The van der Waals surface area contributed by atoms with Gasteiger partial charge in [0, 0.05) is 23.4 Å². The molecule has 7 nitrogen and oxygen atoms in total. The van der Waals surface area contributed by atoms with Crippen LogP contribution in [-0.4, -0.2) is 19.2 Å². The number of sulfonamides is 1. The second kappa shape index (κ2) is 6.33. The summed E-state index contributed by atoms with van der Waals surface area (Å²) in [6, 6.07) is 20.9. The number of hydrogen-bond donors (Lipinski definition) is 1. The molecule has 0 unspecified atom stereocenters. The third-order valence-electron chi connectivity index (χ3n) is 4.15. The highest BCUT2D eigenvalue weighted by Gasteiger charge is 2.31. The second-order valence-electron chi connectivity index (χ2n) is 5.92. The number of benzene rings is 3. The van der Waals surface area contributed by atoms with Gasteiger partial charge in [-0.05, 0) is 29.3 Å². The maximum Gasteiger partial charge on any atom is 0.285 e. The Labute approximate surface area is 155 Å². The highest BCUT2D eigenvalue weighted by atomic mass is 32.2. The molecular formula is C19H13N3O4S. The van der Waals surface area contributed by atoms with E-state index in [-0.39, 0.29) is 16.4 Å². The first kappa shape index (κ1) is 16.9. The van der Waals surface area contributed by atoms with Crippen molar-refractivity contribution >= 4 is 27.2 Å². The molecular weight excluding hydrogens is 366 g/mol. The Morgan fingerprint density at radius 1 is 0.889 bits per heavy atom. The van der Waals surface area contributed by atoms with Gasteiger partial charge in [-0.15, -0.1) is 4.40 Å². The fourth-order valence-corrected chi connectivity index (χ4v) is 4.08. The van der Waals surface area contributed by atoms with Crippen LogP contribution in [0.2, 0.25) is 0 Å². The first-order valence-corrected chi connectivity index (χ1v) is 9.44. The van der Waals surface area contributed by atoms with E-state index in [1.54, 1.807) is 6.07 Å². The molecule has 0 radical (unpaired) electrons. The largest absolute Gasteiger partial charge is 0.339 e. The number of rotatable bonds is 3. The van der Waals surface area contributed by atoms with Crippen LogP contribution in [0.3, 0.4) is 0 Å². The molecule has 0 saturated heterocycles. The number of fused-ring (bicyclic) bond motifs is 1. The topological polar surface area (TPSA) is 102 Å². The molecule has 0 aliphatic carbocycles. The molecule has 0 atom stereocenters. The van der Waals surface area contributed by atoms with E-state index < -0.39 is 14.9 Å². The number of hydrogen-bond acceptors (Lipinski definition) is 5. The lowest BCUT2D eigenvalue weighted by atomic mass is 10.1. The monoisotopic (exact) mass is 379 g/mol. The number of anilines is 1. The van der Waals surface area contributed by atoms with Crippen molar-refractivity contribution in [1.29, 1.82) is 0 Å². The summed E-state index contributed by atoms with van der Waals surface area (Å²) < 4.78 is 28.3. The summed E-state index contributed by atoms with van der Waals surface area (Å²) in [5.41, 5.74) is 2.67. The fraction of sp³-hybridized carbons (Fsp3) is 0. The molecule has 8 heteroatoms. The molecule has 1 aliphatic rings. The normalized spacial score (nSPS) is 14.3. The van der Waals surface area contributed by atoms with Gasteiger partial charge in [0.05, 0.1) is 4.92 Å². The fourth-order valence-electron chi connectivity index (χ4n) is 2.89. The van der Waals surface area contributed by atoms with Crippen LogP contribution < -0.4 is 5.32 Å². The molecule has 0 bridgehead atoms. The molecule has 0 aromatic heterocycles. The lowest BCUT2D eigenvalue weighted by molar-refractivity contribution is -0.385. The Hall–Kier alpha value is -3.52. The van der Waals surface area contributed by atoms with Crippen LogP contribution in [0, 0.1) is 10.1 Å². The standard InChI is InChI=1S/C19H13N3O4S/c23-22(24)16-9-10-17-18(12-16)27(25,26)21-19(17)20-15-8-4-7-14(11-15)13-5-2-1-3-6-13/h1-12H,(H,20,21). The Balaban J connectivity index is 1.70. The average molecular weight is 379 g/mol. The molecule has 134 valence electrons. The first-order chi connectivity index (χ1) is 12.9. The minimum Gasteiger partial charge on any atom is -0.339 e. The van der Waals surface area contributed by atoms with Gasteiger partial charge in [0.15, 0.2) is 5.84 Å². The van der Waals surface area contributed by atoms with Gasteiger partial charge in [-0.1, -0.05) is 42.5 Å². The van der Waals surface area contributed by atoms with Crippen molar-refractivity contribution in [2.75, 3.05) is 5.32 Å². The van der Waals surface area contributed by atoms with Gasteiger partial charge in [-0.2, -0.15) is 8.42 Å². The lowest BCUT2D eigenvalue weighted by Crippen LogP contribution is -2.11. The summed E-state index contributed by atoms with van der Waals surface area (Å²) in [5, 5.41) is 13.9. The van der Waals surface area contributed by atoms with E-state index in [9.17, 15) is 18.5 Å². The molecule has 1 N–H and O–H groups in total. The number of amidine groups is 1. The minimum atomic E-state index is -3.97. The number of nitrogens with zero attached hydrogens (tertiary/aromatic N) is 2. The van der Waals surface area contributed by atoms with Crippen LogP contribution in [0.1, 0.15) is 5.56 Å². The summed E-state index contributed by atoms with van der Waals surface area (Å²) >= 11 is 0. The molecule has 27 heavy (non-hydrogen) atoms. The molecule has 0 amide bonds. The molecule has 1 heterocycles. The molecule has 3 aromatic rings. The summed E-state index contributed by atoms with van der Waals surface area (Å²) in [5.74, 6) is 0.144. The van der Waals surface area contributed by atoms with Crippen molar-refractivity contribution in [2.24, 2.45) is 4.40 Å². The highest BCUT2D eigenvalue weighted by molar-refractivity contribution is 7.90. The van der Waals surface area contributed by atoms with E-state index in [1.807, 2.05) is 48.5 Å². The van der Waals surface area contributed by atoms with Crippen molar-refractivity contribution in [3.8, 4) is 11.1 Å². The van der Waals surface area contributed by atoms with E-state index in [2.05, 4.69) is 9.71 Å². The van der Waals surface area contributed by atoms with Crippen molar-refractivity contribution < 1.29 is 13.3 Å². The van der Waals surface area contributed by atoms with Crippen LogP contribution in [-0.2, 0) is 10.0 Å². The quantitative estimate of drug-likeness (QED) is 0.550. The van der Waals surface area contributed by atoms with Gasteiger partial charge >= 0.3 is 0 Å². The summed E-state index contributed by atoms with van der Waals surface area (Å²) in [4.78, 5) is 10.1. The van der Waals surface area contributed by atoms with Crippen LogP contribution in [0.15, 0.2) is 82.1 Å². The van der Waals surface area contributed by atoms with E-state index >= 15 is 0 Å².